The van der Waals surface area contributed by atoms with E-state index in [0.717, 1.165) is 56.5 Å². The summed E-state index contributed by atoms with van der Waals surface area (Å²) in [5.74, 6) is 1.50. The number of hydrogen-bond donors (Lipinski definition) is 0. The summed E-state index contributed by atoms with van der Waals surface area (Å²) in [6, 6.07) is 49.8. The van der Waals surface area contributed by atoms with Crippen molar-refractivity contribution in [3.05, 3.63) is 143 Å². The Bertz CT molecular complexity index is 3120. The van der Waals surface area contributed by atoms with Gasteiger partial charge in [0.2, 0.25) is 0 Å². The molecule has 9 rings (SSSR count). The number of nitrogens with zero attached hydrogens (tertiary/aromatic N) is 2. The van der Waals surface area contributed by atoms with Gasteiger partial charge in [-0.15, -0.1) is 22.7 Å². The molecule has 0 N–H and O–H groups in total. The van der Waals surface area contributed by atoms with Gasteiger partial charge in [0.25, 0.3) is 0 Å². The van der Waals surface area contributed by atoms with Crippen LogP contribution in [0.1, 0.15) is 142 Å². The minimum absolute atomic E-state index is 0.0433. The molecule has 4 heterocycles. The van der Waals surface area contributed by atoms with E-state index in [4.69, 9.17) is 9.97 Å². The first kappa shape index (κ1) is 51.0. The summed E-state index contributed by atoms with van der Waals surface area (Å²) in [6.45, 7) is 27.9. The first-order valence-electron chi connectivity index (χ1n) is 27.0. The Morgan fingerprint density at radius 3 is 1.37 bits per heavy atom. The predicted molar refractivity (Wildman–Crippen MR) is 316 cm³/mol. The lowest BCUT2D eigenvalue weighted by Crippen LogP contribution is -2.57. The topological polar surface area (TPSA) is 25.8 Å². The van der Waals surface area contributed by atoms with E-state index >= 15 is 0 Å². The van der Waals surface area contributed by atoms with Gasteiger partial charge in [-0.1, -0.05) is 223 Å². The molecule has 2 unspecified atom stereocenters. The van der Waals surface area contributed by atoms with Crippen LogP contribution < -0.4 is 10.4 Å². The van der Waals surface area contributed by atoms with Crippen LogP contribution in [-0.2, 0) is 10.8 Å². The van der Waals surface area contributed by atoms with Gasteiger partial charge in [0.15, 0.2) is 0 Å². The van der Waals surface area contributed by atoms with Crippen LogP contribution in [0.5, 0.6) is 0 Å². The molecule has 2 atom stereocenters. The molecule has 0 saturated heterocycles. The highest BCUT2D eigenvalue weighted by molar-refractivity contribution is 7.19. The Labute approximate surface area is 436 Å². The molecular formula is C66H78N2S2Si. The fourth-order valence-corrected chi connectivity index (χ4v) is 20.2. The number of benzene rings is 5. The van der Waals surface area contributed by atoms with Gasteiger partial charge < -0.3 is 0 Å². The van der Waals surface area contributed by atoms with E-state index < -0.39 is 8.07 Å². The van der Waals surface area contributed by atoms with Gasteiger partial charge in [-0.2, -0.15) is 0 Å². The molecule has 0 fully saturated rings. The van der Waals surface area contributed by atoms with Gasteiger partial charge in [-0.05, 0) is 111 Å². The lowest BCUT2D eigenvalue weighted by atomic mass is 9.85. The molecule has 5 aromatic carbocycles. The number of aromatic nitrogens is 2. The highest BCUT2D eigenvalue weighted by Gasteiger charge is 2.47. The quantitative estimate of drug-likeness (QED) is 0.0850. The number of unbranched alkanes of at least 4 members (excludes halogenated alkanes) is 2. The lowest BCUT2D eigenvalue weighted by Gasteiger charge is -2.37. The molecule has 0 amide bonds. The average molecular weight is 992 g/mol. The Balaban J connectivity index is 1.22. The fraction of sp³-hybridized carbons (Fsp3) is 0.394. The monoisotopic (exact) mass is 991 g/mol. The van der Waals surface area contributed by atoms with Crippen LogP contribution in [0.15, 0.2) is 121 Å². The maximum absolute atomic E-state index is 5.80. The van der Waals surface area contributed by atoms with Crippen molar-refractivity contribution in [2.45, 2.75) is 157 Å². The van der Waals surface area contributed by atoms with Gasteiger partial charge in [0.1, 0.15) is 8.07 Å². The third-order valence-corrected chi connectivity index (χ3v) is 23.5. The molecule has 0 radical (unpaired) electrons. The Morgan fingerprint density at radius 2 is 0.901 bits per heavy atom. The van der Waals surface area contributed by atoms with Crippen molar-refractivity contribution in [3.63, 3.8) is 0 Å². The van der Waals surface area contributed by atoms with Gasteiger partial charge in [-0.3, -0.25) is 0 Å². The number of hydrogen-bond acceptors (Lipinski definition) is 4. The van der Waals surface area contributed by atoms with Crippen molar-refractivity contribution >= 4 is 52.2 Å². The number of aryl methyl sites for hydroxylation is 2. The number of rotatable bonds is 17. The maximum Gasteiger partial charge on any atom is 0.120 e. The summed E-state index contributed by atoms with van der Waals surface area (Å²) in [5, 5.41) is 3.42. The van der Waals surface area contributed by atoms with E-state index in [1.165, 1.54) is 116 Å². The second-order valence-corrected chi connectivity index (χ2v) is 29.6. The lowest BCUT2D eigenvalue weighted by molar-refractivity contribution is 0.469. The largest absolute Gasteiger partial charge is 0.243 e. The molecular weight excluding hydrogens is 913 g/mol. The highest BCUT2D eigenvalue weighted by atomic mass is 32.1. The van der Waals surface area contributed by atoms with Crippen LogP contribution in [-0.4, -0.2) is 18.0 Å². The van der Waals surface area contributed by atoms with Crippen molar-refractivity contribution in [3.8, 4) is 65.0 Å². The second kappa shape index (κ2) is 20.9. The zero-order chi connectivity index (χ0) is 50.2. The normalized spacial score (nSPS) is 15.5. The van der Waals surface area contributed by atoms with E-state index in [9.17, 15) is 0 Å². The SMILES string of the molecule is CCCCC(CC)C[Si]1(CC(CC)CCCC)c2cc(C)ccc2-c2ccc(-c3ccc(-c4ccc(-c5ccc(C)s5)c5nc(-c6ccc(C(C)(C)C)cc6)c(-c6ccc(C(C)(C)C)cc6)nc45)s3)cc21. The van der Waals surface area contributed by atoms with Crippen LogP contribution in [0, 0.1) is 25.7 Å². The van der Waals surface area contributed by atoms with Crippen LogP contribution in [0.4, 0.5) is 0 Å². The summed E-state index contributed by atoms with van der Waals surface area (Å²) in [6.07, 6.45) is 10.4. The summed E-state index contributed by atoms with van der Waals surface area (Å²) in [7, 11) is -2.18. The van der Waals surface area contributed by atoms with Gasteiger partial charge in [0, 0.05) is 41.8 Å². The maximum atomic E-state index is 5.80. The van der Waals surface area contributed by atoms with Crippen molar-refractivity contribution in [2.24, 2.45) is 11.8 Å². The van der Waals surface area contributed by atoms with Gasteiger partial charge in [-0.25, -0.2) is 9.97 Å². The summed E-state index contributed by atoms with van der Waals surface area (Å²) >= 11 is 3.74. The summed E-state index contributed by atoms with van der Waals surface area (Å²) in [4.78, 5) is 16.6. The first-order chi connectivity index (χ1) is 34.0. The molecule has 368 valence electrons. The number of thiophene rings is 2. The third-order valence-electron chi connectivity index (χ3n) is 15.9. The third kappa shape index (κ3) is 10.4. The highest BCUT2D eigenvalue weighted by Crippen LogP contribution is 2.46. The minimum atomic E-state index is -2.18. The van der Waals surface area contributed by atoms with Crippen LogP contribution in [0.25, 0.3) is 76.0 Å². The van der Waals surface area contributed by atoms with Crippen molar-refractivity contribution < 1.29 is 0 Å². The minimum Gasteiger partial charge on any atom is -0.243 e. The average Bonchev–Trinajstić information content (AvgIpc) is 4.10. The molecule has 1 aliphatic rings. The first-order valence-corrected chi connectivity index (χ1v) is 31.1. The van der Waals surface area contributed by atoms with Crippen molar-refractivity contribution in [2.75, 3.05) is 0 Å². The molecule has 3 aromatic heterocycles. The van der Waals surface area contributed by atoms with Crippen molar-refractivity contribution in [1.82, 2.24) is 9.97 Å². The summed E-state index contributed by atoms with van der Waals surface area (Å²) in [5.41, 5.74) is 16.7. The van der Waals surface area contributed by atoms with Crippen LogP contribution in [0.2, 0.25) is 12.1 Å². The molecule has 1 aliphatic heterocycles. The molecule has 8 aromatic rings. The van der Waals surface area contributed by atoms with E-state index in [2.05, 4.69) is 204 Å². The molecule has 0 spiro atoms. The molecule has 0 aliphatic carbocycles. The van der Waals surface area contributed by atoms with Crippen LogP contribution in [0.3, 0.4) is 0 Å². The van der Waals surface area contributed by atoms with Gasteiger partial charge in [0.05, 0.1) is 22.4 Å². The Morgan fingerprint density at radius 1 is 0.465 bits per heavy atom. The Hall–Kier alpha value is -4.94. The molecule has 0 bridgehead atoms. The molecule has 0 saturated carbocycles. The predicted octanol–water partition coefficient (Wildman–Crippen LogP) is 19.3. The van der Waals surface area contributed by atoms with Crippen LogP contribution >= 0.6 is 22.7 Å². The van der Waals surface area contributed by atoms with Gasteiger partial charge >= 0.3 is 0 Å². The van der Waals surface area contributed by atoms with E-state index in [1.54, 1.807) is 10.4 Å². The number of fused-ring (bicyclic) bond motifs is 4. The summed E-state index contributed by atoms with van der Waals surface area (Å²) < 4.78 is 0. The van der Waals surface area contributed by atoms with E-state index in [-0.39, 0.29) is 10.8 Å². The van der Waals surface area contributed by atoms with E-state index in [1.807, 2.05) is 22.7 Å². The zero-order valence-electron chi connectivity index (χ0n) is 45.0. The fourth-order valence-electron chi connectivity index (χ4n) is 11.6. The smallest absolute Gasteiger partial charge is 0.120 e. The second-order valence-electron chi connectivity index (χ2n) is 23.1. The van der Waals surface area contributed by atoms with Crippen molar-refractivity contribution in [1.29, 1.82) is 0 Å². The van der Waals surface area contributed by atoms with E-state index in [0.29, 0.717) is 0 Å². The zero-order valence-corrected chi connectivity index (χ0v) is 47.6. The molecule has 71 heavy (non-hydrogen) atoms. The molecule has 2 nitrogen and oxygen atoms in total. The Kier molecular flexibility index (Phi) is 15.0. The molecule has 5 heteroatoms. The standard InChI is InChI=1S/C66H78N2S2Si/c1-13-17-19-45(15-3)41-71(42-46(16-4)20-18-14-2)59-39-43(5)21-32-52(59)53-33-27-49(40-60(53)71)56-37-38-58(70-56)55-35-34-54(57-36-22-44(6)69-57)63-64(55)68-62(48-25-30-51(31-26-48)66(10,11)12)61(67-63)47-23-28-50(29-24-47)65(7,8)9/h21-40,45-46H,13-20,41-42H2,1-12H3.